The van der Waals surface area contributed by atoms with Crippen molar-refractivity contribution >= 4 is 27.8 Å². The second-order valence-corrected chi connectivity index (χ2v) is 6.25. The molecule has 6 heteroatoms. The van der Waals surface area contributed by atoms with E-state index >= 15 is 0 Å². The molecule has 0 saturated carbocycles. The van der Waals surface area contributed by atoms with Crippen molar-refractivity contribution in [2.45, 2.75) is 19.8 Å². The zero-order chi connectivity index (χ0) is 15.1. The van der Waals surface area contributed by atoms with Gasteiger partial charge in [0.1, 0.15) is 5.69 Å². The highest BCUT2D eigenvalue weighted by Gasteiger charge is 2.11. The van der Waals surface area contributed by atoms with Gasteiger partial charge in [-0.1, -0.05) is 49.4 Å². The number of hydrogen-bond acceptors (Lipinski definition) is 5. The molecule has 4 N–H and O–H groups in total. The summed E-state index contributed by atoms with van der Waals surface area (Å²) in [6.07, 6.45) is 1.76. The monoisotopic (exact) mass is 300 g/mol. The highest BCUT2D eigenvalue weighted by molar-refractivity contribution is 7.20. The van der Waals surface area contributed by atoms with Crippen molar-refractivity contribution in [2.75, 3.05) is 11.5 Å². The third-order valence-electron chi connectivity index (χ3n) is 3.46. The van der Waals surface area contributed by atoms with Crippen molar-refractivity contribution in [1.29, 1.82) is 0 Å². The van der Waals surface area contributed by atoms with Crippen LogP contribution >= 0.6 is 11.3 Å². The second-order valence-electron chi connectivity index (χ2n) is 5.24. The summed E-state index contributed by atoms with van der Waals surface area (Å²) in [6, 6.07) is 8.31. The maximum Gasteiger partial charge on any atom is 0.283 e. The summed E-state index contributed by atoms with van der Waals surface area (Å²) >= 11 is 1.42. The molecule has 0 aliphatic rings. The summed E-state index contributed by atoms with van der Waals surface area (Å²) in [4.78, 5) is 17.7. The smallest absolute Gasteiger partial charge is 0.283 e. The predicted molar refractivity (Wildman–Crippen MR) is 87.7 cm³/mol. The molecule has 0 saturated heterocycles. The molecule has 21 heavy (non-hydrogen) atoms. The third kappa shape index (κ3) is 2.27. The molecule has 0 aliphatic carbocycles. The predicted octanol–water partition coefficient (Wildman–Crippen LogP) is 2.71. The molecule has 0 spiro atoms. The average Bonchev–Trinajstić information content (AvgIpc) is 2.89. The van der Waals surface area contributed by atoms with Gasteiger partial charge in [-0.05, 0) is 17.0 Å². The molecule has 0 bridgehead atoms. The van der Waals surface area contributed by atoms with E-state index in [0.717, 1.165) is 10.4 Å². The molecule has 0 unspecified atom stereocenters. The number of fused-ring (bicyclic) bond motifs is 1. The van der Waals surface area contributed by atoms with Crippen LogP contribution in [0.4, 0.5) is 11.5 Å². The van der Waals surface area contributed by atoms with E-state index in [-0.39, 0.29) is 17.1 Å². The second kappa shape index (κ2) is 4.89. The van der Waals surface area contributed by atoms with Crippen LogP contribution in [0.2, 0.25) is 0 Å². The van der Waals surface area contributed by atoms with Gasteiger partial charge in [-0.15, -0.1) is 0 Å². The van der Waals surface area contributed by atoms with Crippen LogP contribution in [0.3, 0.4) is 0 Å². The Labute approximate surface area is 125 Å². The highest BCUT2D eigenvalue weighted by Crippen LogP contribution is 2.29. The first-order valence-electron chi connectivity index (χ1n) is 6.65. The largest absolute Gasteiger partial charge is 0.391 e. The Kier molecular flexibility index (Phi) is 3.17. The topological polar surface area (TPSA) is 86.4 Å². The molecule has 108 valence electrons. The normalized spacial score (nSPS) is 11.4. The molecule has 3 aromatic rings. The fourth-order valence-electron chi connectivity index (χ4n) is 2.14. The van der Waals surface area contributed by atoms with Crippen LogP contribution in [0, 0.1) is 0 Å². The van der Waals surface area contributed by atoms with Crippen molar-refractivity contribution < 1.29 is 0 Å². The van der Waals surface area contributed by atoms with Gasteiger partial charge >= 0.3 is 0 Å². The lowest BCUT2D eigenvalue weighted by molar-refractivity contribution is 0.867. The minimum atomic E-state index is -0.321. The van der Waals surface area contributed by atoms with Crippen LogP contribution in [0.25, 0.3) is 15.4 Å². The molecule has 2 aromatic heterocycles. The summed E-state index contributed by atoms with van der Waals surface area (Å²) in [6.45, 7) is 4.31. The molecule has 0 fully saturated rings. The number of anilines is 2. The van der Waals surface area contributed by atoms with Gasteiger partial charge < -0.3 is 11.5 Å². The maximum atomic E-state index is 12.1. The first-order chi connectivity index (χ1) is 9.97. The fourth-order valence-corrected chi connectivity index (χ4v) is 3.12. The Morgan fingerprint density at radius 3 is 2.48 bits per heavy atom. The number of nitrogens with two attached hydrogens (primary N) is 2. The Bertz CT molecular complexity index is 862. The molecule has 0 atom stereocenters. The van der Waals surface area contributed by atoms with Gasteiger partial charge in [0.15, 0.2) is 10.8 Å². The van der Waals surface area contributed by atoms with Gasteiger partial charge in [0.25, 0.3) is 5.56 Å². The van der Waals surface area contributed by atoms with Gasteiger partial charge in [0.2, 0.25) is 0 Å². The number of rotatable bonds is 2. The van der Waals surface area contributed by atoms with Crippen molar-refractivity contribution in [3.8, 4) is 10.4 Å². The van der Waals surface area contributed by atoms with Crippen LogP contribution in [0.1, 0.15) is 25.3 Å². The number of thiazole rings is 1. The van der Waals surface area contributed by atoms with E-state index in [4.69, 9.17) is 11.5 Å². The van der Waals surface area contributed by atoms with Crippen LogP contribution < -0.4 is 17.0 Å². The van der Waals surface area contributed by atoms with E-state index in [9.17, 15) is 4.79 Å². The Morgan fingerprint density at radius 2 is 1.86 bits per heavy atom. The average molecular weight is 300 g/mol. The Hall–Kier alpha value is -2.34. The summed E-state index contributed by atoms with van der Waals surface area (Å²) in [5, 5.41) is 0. The van der Waals surface area contributed by atoms with Crippen molar-refractivity contribution in [3.05, 3.63) is 46.4 Å². The molecular formula is C15H16N4OS. The van der Waals surface area contributed by atoms with Crippen molar-refractivity contribution in [3.63, 3.8) is 0 Å². The molecule has 2 heterocycles. The van der Waals surface area contributed by atoms with Crippen LogP contribution in [-0.4, -0.2) is 9.38 Å². The third-order valence-corrected chi connectivity index (χ3v) is 4.49. The van der Waals surface area contributed by atoms with E-state index in [1.165, 1.54) is 21.3 Å². The van der Waals surface area contributed by atoms with Crippen LogP contribution in [0.5, 0.6) is 0 Å². The number of benzene rings is 1. The number of aromatic nitrogens is 2. The van der Waals surface area contributed by atoms with Gasteiger partial charge in [-0.2, -0.15) is 0 Å². The van der Waals surface area contributed by atoms with Crippen molar-refractivity contribution in [1.82, 2.24) is 9.38 Å². The van der Waals surface area contributed by atoms with Gasteiger partial charge in [0, 0.05) is 6.20 Å². The van der Waals surface area contributed by atoms with Gasteiger partial charge in [-0.25, -0.2) is 4.98 Å². The zero-order valence-corrected chi connectivity index (χ0v) is 12.6. The number of nitrogens with zero attached hydrogens (tertiary/aromatic N) is 2. The SMILES string of the molecule is CC(C)c1ccc(-c2cn3c(=O)c(N)c(N)nc3s2)cc1. The first kappa shape index (κ1) is 13.6. The fraction of sp³-hybridized carbons (Fsp3) is 0.200. The van der Waals surface area contributed by atoms with Crippen molar-refractivity contribution in [2.24, 2.45) is 0 Å². The molecule has 5 nitrogen and oxygen atoms in total. The number of nitrogen functional groups attached to an aromatic ring is 2. The summed E-state index contributed by atoms with van der Waals surface area (Å²) < 4.78 is 1.45. The van der Waals surface area contributed by atoms with Crippen LogP contribution in [-0.2, 0) is 0 Å². The first-order valence-corrected chi connectivity index (χ1v) is 7.46. The van der Waals surface area contributed by atoms with Gasteiger partial charge in [-0.3, -0.25) is 9.20 Å². The summed E-state index contributed by atoms with van der Waals surface area (Å²) in [5.74, 6) is 0.578. The minimum Gasteiger partial charge on any atom is -0.391 e. The molecule has 0 radical (unpaired) electrons. The van der Waals surface area contributed by atoms with E-state index in [2.05, 4.69) is 43.1 Å². The molecule has 1 aromatic carbocycles. The molecule has 0 aliphatic heterocycles. The quantitative estimate of drug-likeness (QED) is 0.762. The van der Waals surface area contributed by atoms with Gasteiger partial charge in [0.05, 0.1) is 4.88 Å². The molecular weight excluding hydrogens is 284 g/mol. The zero-order valence-electron chi connectivity index (χ0n) is 11.8. The summed E-state index contributed by atoms with van der Waals surface area (Å²) in [5.41, 5.74) is 13.3. The lowest BCUT2D eigenvalue weighted by atomic mass is 10.0. The number of hydrogen-bond donors (Lipinski definition) is 2. The standard InChI is InChI=1S/C15H16N4OS/c1-8(2)9-3-5-10(6-4-9)11-7-19-14(20)12(16)13(17)18-15(19)21-11/h3-8H,16-17H2,1-2H3. The van der Waals surface area contributed by atoms with Crippen LogP contribution in [0.15, 0.2) is 35.3 Å². The molecule has 3 rings (SSSR count). The van der Waals surface area contributed by atoms with E-state index < -0.39 is 0 Å². The Balaban J connectivity index is 2.13. The van der Waals surface area contributed by atoms with E-state index in [1.807, 2.05) is 0 Å². The minimum absolute atomic E-state index is 0.00740. The maximum absolute atomic E-state index is 12.1. The molecule has 0 amide bonds. The lowest BCUT2D eigenvalue weighted by Gasteiger charge is -2.05. The highest BCUT2D eigenvalue weighted by atomic mass is 32.1. The van der Waals surface area contributed by atoms with E-state index in [0.29, 0.717) is 10.9 Å². The van der Waals surface area contributed by atoms with E-state index in [1.54, 1.807) is 6.20 Å². The Morgan fingerprint density at radius 1 is 1.19 bits per heavy atom. The summed E-state index contributed by atoms with van der Waals surface area (Å²) in [7, 11) is 0. The lowest BCUT2D eigenvalue weighted by Crippen LogP contribution is -2.19.